The molecule has 1 aliphatic heterocycles. The van der Waals surface area contributed by atoms with Crippen molar-refractivity contribution in [1.29, 1.82) is 0 Å². The lowest BCUT2D eigenvalue weighted by atomic mass is 10.0. The van der Waals surface area contributed by atoms with Crippen molar-refractivity contribution in [3.05, 3.63) is 24.3 Å². The summed E-state index contributed by atoms with van der Waals surface area (Å²) >= 11 is 0. The Morgan fingerprint density at radius 3 is 3.12 bits per heavy atom. The Morgan fingerprint density at radius 1 is 1.65 bits per heavy atom. The molecule has 1 fully saturated rings. The number of nitrogens with zero attached hydrogens (tertiary/aromatic N) is 3. The highest BCUT2D eigenvalue weighted by molar-refractivity contribution is 5.83. The first-order valence-corrected chi connectivity index (χ1v) is 5.51. The van der Waals surface area contributed by atoms with Crippen LogP contribution in [0, 0.1) is 0 Å². The van der Waals surface area contributed by atoms with E-state index in [9.17, 15) is 4.79 Å². The van der Waals surface area contributed by atoms with Crippen molar-refractivity contribution < 1.29 is 9.53 Å². The molecule has 2 N–H and O–H groups in total. The monoisotopic (exact) mass is 236 g/mol. The molecule has 1 aromatic heterocycles. The van der Waals surface area contributed by atoms with Crippen LogP contribution in [0.2, 0.25) is 0 Å². The van der Waals surface area contributed by atoms with Crippen molar-refractivity contribution in [1.82, 2.24) is 14.9 Å². The van der Waals surface area contributed by atoms with Crippen LogP contribution in [-0.4, -0.2) is 46.1 Å². The summed E-state index contributed by atoms with van der Waals surface area (Å²) in [5, 5.41) is 0. The number of morpholine rings is 1. The number of amides is 1. The van der Waals surface area contributed by atoms with E-state index in [4.69, 9.17) is 10.5 Å². The Morgan fingerprint density at radius 2 is 2.47 bits per heavy atom. The van der Waals surface area contributed by atoms with Gasteiger partial charge in [-0.15, -0.1) is 0 Å². The predicted octanol–water partition coefficient (Wildman–Crippen LogP) is -0.447. The van der Waals surface area contributed by atoms with Gasteiger partial charge in [-0.2, -0.15) is 0 Å². The molecule has 1 amide bonds. The SMILES string of the molecule is C[C@]1(C(N)=O)CN(Cc2cnccn2)CCO1. The van der Waals surface area contributed by atoms with Gasteiger partial charge in [0.25, 0.3) is 5.91 Å². The van der Waals surface area contributed by atoms with Gasteiger partial charge in [0, 0.05) is 38.2 Å². The van der Waals surface area contributed by atoms with Crippen LogP contribution in [0.25, 0.3) is 0 Å². The molecule has 2 heterocycles. The Labute approximate surface area is 99.8 Å². The molecule has 0 aliphatic carbocycles. The van der Waals surface area contributed by atoms with E-state index in [0.717, 1.165) is 12.2 Å². The highest BCUT2D eigenvalue weighted by atomic mass is 16.5. The minimum atomic E-state index is -0.902. The molecule has 1 saturated heterocycles. The fourth-order valence-corrected chi connectivity index (χ4v) is 1.88. The van der Waals surface area contributed by atoms with Gasteiger partial charge in [-0.3, -0.25) is 19.7 Å². The van der Waals surface area contributed by atoms with E-state index < -0.39 is 11.5 Å². The number of ether oxygens (including phenoxy) is 1. The summed E-state index contributed by atoms with van der Waals surface area (Å²) in [5.41, 5.74) is 5.31. The first kappa shape index (κ1) is 11.9. The third-order valence-electron chi connectivity index (χ3n) is 2.88. The first-order chi connectivity index (χ1) is 8.10. The number of nitrogens with two attached hydrogens (primary N) is 1. The van der Waals surface area contributed by atoms with Crippen LogP contribution >= 0.6 is 0 Å². The third-order valence-corrected chi connectivity index (χ3v) is 2.88. The van der Waals surface area contributed by atoms with Crippen molar-refractivity contribution in [3.8, 4) is 0 Å². The number of rotatable bonds is 3. The number of hydrogen-bond acceptors (Lipinski definition) is 5. The summed E-state index contributed by atoms with van der Waals surface area (Å²) in [7, 11) is 0. The third kappa shape index (κ3) is 2.78. The van der Waals surface area contributed by atoms with Gasteiger partial charge in [0.2, 0.25) is 0 Å². The van der Waals surface area contributed by atoms with E-state index in [0.29, 0.717) is 19.7 Å². The van der Waals surface area contributed by atoms with Gasteiger partial charge in [0.05, 0.1) is 12.3 Å². The quantitative estimate of drug-likeness (QED) is 0.769. The van der Waals surface area contributed by atoms with E-state index in [1.54, 1.807) is 25.5 Å². The van der Waals surface area contributed by atoms with Gasteiger partial charge >= 0.3 is 0 Å². The molecule has 1 aliphatic rings. The molecule has 0 aromatic carbocycles. The van der Waals surface area contributed by atoms with Gasteiger partial charge in [-0.1, -0.05) is 0 Å². The maximum absolute atomic E-state index is 11.3. The van der Waals surface area contributed by atoms with Gasteiger partial charge < -0.3 is 10.5 Å². The molecular formula is C11H16N4O2. The second kappa shape index (κ2) is 4.77. The van der Waals surface area contributed by atoms with Crippen molar-refractivity contribution in [2.75, 3.05) is 19.7 Å². The minimum absolute atomic E-state index is 0.429. The molecule has 0 bridgehead atoms. The number of carbonyl (C=O) groups excluding carboxylic acids is 1. The van der Waals surface area contributed by atoms with Crippen LogP contribution in [-0.2, 0) is 16.1 Å². The highest BCUT2D eigenvalue weighted by Crippen LogP contribution is 2.18. The zero-order valence-corrected chi connectivity index (χ0v) is 9.80. The number of hydrogen-bond donors (Lipinski definition) is 1. The first-order valence-electron chi connectivity index (χ1n) is 5.51. The minimum Gasteiger partial charge on any atom is -0.367 e. The molecule has 92 valence electrons. The maximum atomic E-state index is 11.3. The van der Waals surface area contributed by atoms with E-state index in [1.165, 1.54) is 0 Å². The van der Waals surface area contributed by atoms with Crippen LogP contribution in [0.15, 0.2) is 18.6 Å². The number of primary amides is 1. The molecule has 0 saturated carbocycles. The fourth-order valence-electron chi connectivity index (χ4n) is 1.88. The lowest BCUT2D eigenvalue weighted by Crippen LogP contribution is -2.56. The number of carbonyl (C=O) groups is 1. The van der Waals surface area contributed by atoms with Gasteiger partial charge in [-0.05, 0) is 6.92 Å². The van der Waals surface area contributed by atoms with Crippen LogP contribution in [0.1, 0.15) is 12.6 Å². The van der Waals surface area contributed by atoms with E-state index >= 15 is 0 Å². The number of aromatic nitrogens is 2. The topological polar surface area (TPSA) is 81.3 Å². The molecule has 1 atom stereocenters. The Hall–Kier alpha value is -1.53. The van der Waals surface area contributed by atoms with E-state index in [2.05, 4.69) is 14.9 Å². The summed E-state index contributed by atoms with van der Waals surface area (Å²) in [5.74, 6) is -0.429. The molecule has 2 rings (SSSR count). The van der Waals surface area contributed by atoms with Crippen molar-refractivity contribution in [2.24, 2.45) is 5.73 Å². The second-order valence-electron chi connectivity index (χ2n) is 4.35. The molecule has 6 heteroatoms. The standard InChI is InChI=1S/C11H16N4O2/c1-11(10(12)16)8-15(4-5-17-11)7-9-6-13-2-3-14-9/h2-3,6H,4-5,7-8H2,1H3,(H2,12,16)/t11-/m1/s1. The predicted molar refractivity (Wildman–Crippen MR) is 60.9 cm³/mol. The molecule has 17 heavy (non-hydrogen) atoms. The Bertz CT molecular complexity index is 398. The molecule has 0 unspecified atom stereocenters. The van der Waals surface area contributed by atoms with Crippen LogP contribution in [0.3, 0.4) is 0 Å². The maximum Gasteiger partial charge on any atom is 0.250 e. The molecule has 1 aromatic rings. The lowest BCUT2D eigenvalue weighted by molar-refractivity contribution is -0.153. The molecular weight excluding hydrogens is 220 g/mol. The Balaban J connectivity index is 2.01. The summed E-state index contributed by atoms with van der Waals surface area (Å²) in [4.78, 5) is 21.6. The largest absolute Gasteiger partial charge is 0.367 e. The highest BCUT2D eigenvalue weighted by Gasteiger charge is 2.37. The smallest absolute Gasteiger partial charge is 0.250 e. The lowest BCUT2D eigenvalue weighted by Gasteiger charge is -2.38. The zero-order chi connectivity index (χ0) is 12.3. The zero-order valence-electron chi connectivity index (χ0n) is 9.80. The van der Waals surface area contributed by atoms with Crippen LogP contribution < -0.4 is 5.73 Å². The van der Waals surface area contributed by atoms with Gasteiger partial charge in [-0.25, -0.2) is 0 Å². The van der Waals surface area contributed by atoms with E-state index in [-0.39, 0.29) is 0 Å². The van der Waals surface area contributed by atoms with Crippen LogP contribution in [0.5, 0.6) is 0 Å². The second-order valence-corrected chi connectivity index (χ2v) is 4.35. The van der Waals surface area contributed by atoms with Crippen molar-refractivity contribution in [2.45, 2.75) is 19.1 Å². The van der Waals surface area contributed by atoms with E-state index in [1.807, 2.05) is 0 Å². The molecule has 0 radical (unpaired) electrons. The normalized spacial score (nSPS) is 25.7. The summed E-state index contributed by atoms with van der Waals surface area (Å²) in [6.45, 7) is 4.12. The van der Waals surface area contributed by atoms with Crippen molar-refractivity contribution >= 4 is 5.91 Å². The van der Waals surface area contributed by atoms with Crippen LogP contribution in [0.4, 0.5) is 0 Å². The molecule has 0 spiro atoms. The fraction of sp³-hybridized carbons (Fsp3) is 0.545. The van der Waals surface area contributed by atoms with Gasteiger partial charge in [0.1, 0.15) is 0 Å². The summed E-state index contributed by atoms with van der Waals surface area (Å²) in [6.07, 6.45) is 5.01. The molecule has 6 nitrogen and oxygen atoms in total. The van der Waals surface area contributed by atoms with Crippen molar-refractivity contribution in [3.63, 3.8) is 0 Å². The Kier molecular flexibility index (Phi) is 3.35. The average molecular weight is 236 g/mol. The average Bonchev–Trinajstić information content (AvgIpc) is 2.30. The van der Waals surface area contributed by atoms with Gasteiger partial charge in [0.15, 0.2) is 5.60 Å². The summed E-state index contributed by atoms with van der Waals surface area (Å²) < 4.78 is 5.44. The summed E-state index contributed by atoms with van der Waals surface area (Å²) in [6, 6.07) is 0.